The molecule has 0 radical (unpaired) electrons. The SMILES string of the molecule is CCNC(=NCC(O)COCc1ccccc1)N1CCC(CC(=O)NC)CC1.I. The summed E-state index contributed by atoms with van der Waals surface area (Å²) < 4.78 is 5.59. The van der Waals surface area contributed by atoms with Gasteiger partial charge >= 0.3 is 0 Å². The van der Waals surface area contributed by atoms with Gasteiger partial charge in [-0.25, -0.2) is 0 Å². The Labute approximate surface area is 191 Å². The van der Waals surface area contributed by atoms with Crippen molar-refractivity contribution < 1.29 is 14.6 Å². The number of aliphatic hydroxyl groups is 1. The van der Waals surface area contributed by atoms with Crippen molar-refractivity contribution in [3.05, 3.63) is 35.9 Å². The van der Waals surface area contributed by atoms with Crippen molar-refractivity contribution in [2.75, 3.05) is 39.8 Å². The van der Waals surface area contributed by atoms with Crippen molar-refractivity contribution in [2.45, 2.75) is 38.9 Å². The number of carbonyl (C=O) groups is 1. The van der Waals surface area contributed by atoms with E-state index >= 15 is 0 Å². The molecule has 1 unspecified atom stereocenters. The van der Waals surface area contributed by atoms with Gasteiger partial charge in [-0.05, 0) is 31.2 Å². The highest BCUT2D eigenvalue weighted by molar-refractivity contribution is 14.0. The molecular weight excluding hydrogens is 483 g/mol. The molecule has 1 fully saturated rings. The molecule has 0 bridgehead atoms. The minimum atomic E-state index is -0.636. The first-order valence-electron chi connectivity index (χ1n) is 10.2. The van der Waals surface area contributed by atoms with E-state index in [2.05, 4.69) is 20.5 Å². The minimum Gasteiger partial charge on any atom is -0.389 e. The largest absolute Gasteiger partial charge is 0.389 e. The van der Waals surface area contributed by atoms with Crippen molar-refractivity contribution in [1.29, 1.82) is 0 Å². The highest BCUT2D eigenvalue weighted by atomic mass is 127. The number of aliphatic hydroxyl groups excluding tert-OH is 1. The normalized spacial score (nSPS) is 16.1. The van der Waals surface area contributed by atoms with Gasteiger partial charge in [0.05, 0.1) is 25.9 Å². The molecule has 1 saturated heterocycles. The average molecular weight is 518 g/mol. The first-order valence-corrected chi connectivity index (χ1v) is 10.2. The molecule has 3 N–H and O–H groups in total. The summed E-state index contributed by atoms with van der Waals surface area (Å²) in [4.78, 5) is 18.3. The number of amides is 1. The Bertz CT molecular complexity index is 607. The smallest absolute Gasteiger partial charge is 0.220 e. The van der Waals surface area contributed by atoms with Crippen LogP contribution < -0.4 is 10.6 Å². The van der Waals surface area contributed by atoms with Gasteiger partial charge in [0.1, 0.15) is 0 Å². The fourth-order valence-corrected chi connectivity index (χ4v) is 3.27. The lowest BCUT2D eigenvalue weighted by molar-refractivity contribution is -0.121. The second-order valence-electron chi connectivity index (χ2n) is 7.16. The quantitative estimate of drug-likeness (QED) is 0.265. The Morgan fingerprint density at radius 1 is 1.31 bits per heavy atom. The molecule has 164 valence electrons. The zero-order valence-electron chi connectivity index (χ0n) is 17.5. The van der Waals surface area contributed by atoms with Crippen LogP contribution in [0, 0.1) is 5.92 Å². The molecular formula is C21H35IN4O3. The monoisotopic (exact) mass is 518 g/mol. The van der Waals surface area contributed by atoms with Crippen LogP contribution in [0.15, 0.2) is 35.3 Å². The van der Waals surface area contributed by atoms with Gasteiger partial charge in [0, 0.05) is 33.1 Å². The van der Waals surface area contributed by atoms with E-state index in [0.29, 0.717) is 25.5 Å². The van der Waals surface area contributed by atoms with Gasteiger partial charge in [0.2, 0.25) is 5.91 Å². The number of piperidine rings is 1. The molecule has 0 aromatic heterocycles. The number of aliphatic imine (C=N–C) groups is 1. The van der Waals surface area contributed by atoms with E-state index in [4.69, 9.17) is 4.74 Å². The van der Waals surface area contributed by atoms with Crippen molar-refractivity contribution in [3.63, 3.8) is 0 Å². The van der Waals surface area contributed by atoms with E-state index in [0.717, 1.165) is 44.0 Å². The molecule has 1 amide bonds. The number of nitrogens with zero attached hydrogens (tertiary/aromatic N) is 2. The van der Waals surface area contributed by atoms with E-state index in [1.54, 1.807) is 7.05 Å². The maximum Gasteiger partial charge on any atom is 0.220 e. The number of benzene rings is 1. The summed E-state index contributed by atoms with van der Waals surface area (Å²) in [5.74, 6) is 1.36. The number of likely N-dealkylation sites (tertiary alicyclic amines) is 1. The number of halogens is 1. The first kappa shape index (κ1) is 25.6. The minimum absolute atomic E-state index is 0. The Kier molecular flexibility index (Phi) is 12.9. The second-order valence-corrected chi connectivity index (χ2v) is 7.16. The third-order valence-electron chi connectivity index (χ3n) is 4.88. The van der Waals surface area contributed by atoms with Crippen LogP contribution in [-0.2, 0) is 16.1 Å². The van der Waals surface area contributed by atoms with Crippen LogP contribution in [-0.4, -0.2) is 67.8 Å². The summed E-state index contributed by atoms with van der Waals surface area (Å²) in [7, 11) is 1.68. The van der Waals surface area contributed by atoms with Crippen LogP contribution in [0.1, 0.15) is 31.7 Å². The number of carbonyl (C=O) groups excluding carboxylic acids is 1. The zero-order chi connectivity index (χ0) is 20.2. The van der Waals surface area contributed by atoms with Crippen LogP contribution in [0.3, 0.4) is 0 Å². The van der Waals surface area contributed by atoms with Crippen molar-refractivity contribution in [1.82, 2.24) is 15.5 Å². The number of hydrogen-bond donors (Lipinski definition) is 3. The maximum absolute atomic E-state index is 11.6. The molecule has 2 rings (SSSR count). The molecule has 0 saturated carbocycles. The van der Waals surface area contributed by atoms with Crippen LogP contribution in [0.4, 0.5) is 0 Å². The molecule has 29 heavy (non-hydrogen) atoms. The number of hydrogen-bond acceptors (Lipinski definition) is 4. The highest BCUT2D eigenvalue weighted by Crippen LogP contribution is 2.20. The summed E-state index contributed by atoms with van der Waals surface area (Å²) in [5, 5.41) is 16.2. The van der Waals surface area contributed by atoms with Gasteiger partial charge in [-0.15, -0.1) is 24.0 Å². The molecule has 8 heteroatoms. The van der Waals surface area contributed by atoms with E-state index in [1.165, 1.54) is 0 Å². The van der Waals surface area contributed by atoms with E-state index in [-0.39, 0.29) is 36.5 Å². The number of nitrogens with one attached hydrogen (secondary N) is 2. The summed E-state index contributed by atoms with van der Waals surface area (Å²) >= 11 is 0. The average Bonchev–Trinajstić information content (AvgIpc) is 2.72. The summed E-state index contributed by atoms with van der Waals surface area (Å²) in [5.41, 5.74) is 1.09. The van der Waals surface area contributed by atoms with E-state index < -0.39 is 6.10 Å². The molecule has 1 aliphatic rings. The zero-order valence-corrected chi connectivity index (χ0v) is 19.8. The predicted octanol–water partition coefficient (Wildman–Crippen LogP) is 2.00. The third-order valence-corrected chi connectivity index (χ3v) is 4.88. The number of guanidine groups is 1. The second kappa shape index (κ2) is 14.6. The molecule has 1 aliphatic heterocycles. The fourth-order valence-electron chi connectivity index (χ4n) is 3.27. The molecule has 1 aromatic rings. The van der Waals surface area contributed by atoms with Gasteiger partial charge < -0.3 is 25.4 Å². The standard InChI is InChI=1S/C21H34N4O3.HI/c1-3-23-21(25-11-9-17(10-12-25)13-20(27)22-2)24-14-19(26)16-28-15-18-7-5-4-6-8-18;/h4-8,17,19,26H,3,9-16H2,1-2H3,(H,22,27)(H,23,24);1H. The topological polar surface area (TPSA) is 86.2 Å². The number of rotatable bonds is 9. The summed E-state index contributed by atoms with van der Waals surface area (Å²) in [6, 6.07) is 9.92. The lowest BCUT2D eigenvalue weighted by Gasteiger charge is -2.34. The maximum atomic E-state index is 11.6. The molecule has 7 nitrogen and oxygen atoms in total. The van der Waals surface area contributed by atoms with Gasteiger partial charge in [-0.1, -0.05) is 30.3 Å². The summed E-state index contributed by atoms with van der Waals surface area (Å²) in [6.07, 6.45) is 1.90. The lowest BCUT2D eigenvalue weighted by Crippen LogP contribution is -2.46. The molecule has 0 aliphatic carbocycles. The first-order chi connectivity index (χ1) is 13.6. The van der Waals surface area contributed by atoms with Crippen molar-refractivity contribution in [3.8, 4) is 0 Å². The lowest BCUT2D eigenvalue weighted by atomic mass is 9.93. The van der Waals surface area contributed by atoms with Crippen LogP contribution in [0.5, 0.6) is 0 Å². The van der Waals surface area contributed by atoms with E-state index in [1.807, 2.05) is 37.3 Å². The predicted molar refractivity (Wildman–Crippen MR) is 126 cm³/mol. The van der Waals surface area contributed by atoms with Crippen molar-refractivity contribution >= 4 is 35.8 Å². The molecule has 1 heterocycles. The van der Waals surface area contributed by atoms with Crippen LogP contribution in [0.25, 0.3) is 0 Å². The third kappa shape index (κ3) is 9.77. The van der Waals surface area contributed by atoms with Gasteiger partial charge in [0.25, 0.3) is 0 Å². The molecule has 0 spiro atoms. The highest BCUT2D eigenvalue weighted by Gasteiger charge is 2.23. The van der Waals surface area contributed by atoms with Crippen molar-refractivity contribution in [2.24, 2.45) is 10.9 Å². The van der Waals surface area contributed by atoms with Gasteiger partial charge in [0.15, 0.2) is 5.96 Å². The Morgan fingerprint density at radius 2 is 2.00 bits per heavy atom. The van der Waals surface area contributed by atoms with Crippen LogP contribution in [0.2, 0.25) is 0 Å². The van der Waals surface area contributed by atoms with E-state index in [9.17, 15) is 9.90 Å². The number of ether oxygens (including phenoxy) is 1. The molecule has 1 aromatic carbocycles. The molecule has 1 atom stereocenters. The Morgan fingerprint density at radius 3 is 2.62 bits per heavy atom. The van der Waals surface area contributed by atoms with Crippen LogP contribution >= 0.6 is 24.0 Å². The summed E-state index contributed by atoms with van der Waals surface area (Å²) in [6.45, 7) is 5.59. The Hall–Kier alpha value is -1.39. The van der Waals surface area contributed by atoms with Gasteiger partial charge in [-0.3, -0.25) is 9.79 Å². The Balaban J connectivity index is 0.00000420. The van der Waals surface area contributed by atoms with Gasteiger partial charge in [-0.2, -0.15) is 0 Å². The fraction of sp³-hybridized carbons (Fsp3) is 0.619.